The zero-order chi connectivity index (χ0) is 20.7. The molecule has 0 aliphatic rings. The van der Waals surface area contributed by atoms with Crippen molar-refractivity contribution in [2.45, 2.75) is 11.3 Å². The Balaban J connectivity index is 1.69. The van der Waals surface area contributed by atoms with Crippen molar-refractivity contribution in [2.24, 2.45) is 0 Å². The third-order valence-corrected chi connectivity index (χ3v) is 5.79. The van der Waals surface area contributed by atoms with E-state index in [1.54, 1.807) is 42.5 Å². The molecule has 1 N–H and O–H groups in total. The predicted molar refractivity (Wildman–Crippen MR) is 111 cm³/mol. The maximum atomic E-state index is 13.3. The van der Waals surface area contributed by atoms with Gasteiger partial charge in [-0.2, -0.15) is 0 Å². The maximum absolute atomic E-state index is 13.3. The van der Waals surface area contributed by atoms with Crippen molar-refractivity contribution in [3.63, 3.8) is 0 Å². The molecule has 0 saturated heterocycles. The molecule has 3 rings (SSSR count). The number of carbonyl (C=O) groups excluding carboxylic acids is 1. The number of halogens is 1. The summed E-state index contributed by atoms with van der Waals surface area (Å²) < 4.78 is 40.4. The normalized spacial score (nSPS) is 11.2. The van der Waals surface area contributed by atoms with Crippen LogP contribution in [0.3, 0.4) is 0 Å². The molecule has 7 heteroatoms. The van der Waals surface area contributed by atoms with Crippen LogP contribution in [0, 0.1) is 5.82 Å². The lowest BCUT2D eigenvalue weighted by atomic mass is 10.1. The molecular weight excluding hydrogens is 391 g/mol. The highest BCUT2D eigenvalue weighted by Gasteiger charge is 2.18. The molecule has 0 atom stereocenters. The van der Waals surface area contributed by atoms with Crippen molar-refractivity contribution in [3.05, 3.63) is 96.3 Å². The zero-order valence-electron chi connectivity index (χ0n) is 15.7. The van der Waals surface area contributed by atoms with Gasteiger partial charge in [0.1, 0.15) is 5.82 Å². The number of nitrogens with zero attached hydrogens (tertiary/aromatic N) is 1. The van der Waals surface area contributed by atoms with E-state index < -0.39 is 15.8 Å². The van der Waals surface area contributed by atoms with Gasteiger partial charge in [0, 0.05) is 24.3 Å². The number of carbonyl (C=O) groups is 1. The Morgan fingerprint density at radius 2 is 1.45 bits per heavy atom. The topological polar surface area (TPSA) is 66.5 Å². The van der Waals surface area contributed by atoms with Crippen LogP contribution >= 0.6 is 0 Å². The second kappa shape index (κ2) is 9.45. The van der Waals surface area contributed by atoms with E-state index >= 15 is 0 Å². The predicted octanol–water partition coefficient (Wildman–Crippen LogP) is 3.84. The Morgan fingerprint density at radius 3 is 2.07 bits per heavy atom. The smallest absolute Gasteiger partial charge is 0.258 e. The van der Waals surface area contributed by atoms with Crippen LogP contribution in [0.5, 0.6) is 0 Å². The van der Waals surface area contributed by atoms with E-state index in [1.165, 1.54) is 41.3 Å². The first-order valence-electron chi connectivity index (χ1n) is 9.14. The Labute approximate surface area is 169 Å². The highest BCUT2D eigenvalue weighted by Crippen LogP contribution is 2.18. The first kappa shape index (κ1) is 20.7. The number of hydrogen-bond donors (Lipinski definition) is 1. The molecule has 150 valence electrons. The second-order valence-corrected chi connectivity index (χ2v) is 8.13. The summed E-state index contributed by atoms with van der Waals surface area (Å²) in [5.41, 5.74) is 1.05. The number of benzene rings is 3. The lowest BCUT2D eigenvalue weighted by Crippen LogP contribution is -2.34. The fraction of sp³-hybridized carbons (Fsp3) is 0.136. The summed E-state index contributed by atoms with van der Waals surface area (Å²) in [5, 5.41) is 0. The van der Waals surface area contributed by atoms with E-state index in [4.69, 9.17) is 0 Å². The third kappa shape index (κ3) is 5.49. The van der Waals surface area contributed by atoms with E-state index in [0.29, 0.717) is 17.7 Å². The van der Waals surface area contributed by atoms with Crippen molar-refractivity contribution in [3.8, 4) is 0 Å². The summed E-state index contributed by atoms with van der Waals surface area (Å²) in [5.74, 6) is -0.625. The van der Waals surface area contributed by atoms with Crippen molar-refractivity contribution in [1.82, 2.24) is 4.72 Å². The van der Waals surface area contributed by atoms with Crippen LogP contribution in [0.2, 0.25) is 0 Å². The van der Waals surface area contributed by atoms with Crippen LogP contribution < -0.4 is 9.62 Å². The van der Waals surface area contributed by atoms with Crippen LogP contribution in [0.1, 0.15) is 16.8 Å². The standard InChI is InChI=1S/C22H21FN2O3S/c23-19-12-14-20(15-13-19)25(22(26)18-8-3-1-4-9-18)17-7-16-24-29(27,28)21-10-5-2-6-11-21/h1-6,8-15,24H,7,16-17H2. The number of hydrogen-bond acceptors (Lipinski definition) is 3. The summed E-state index contributed by atoms with van der Waals surface area (Å²) in [6, 6.07) is 22.5. The lowest BCUT2D eigenvalue weighted by molar-refractivity contribution is 0.0986. The Kier molecular flexibility index (Phi) is 6.74. The van der Waals surface area contributed by atoms with Gasteiger partial charge in [0.05, 0.1) is 4.90 Å². The number of sulfonamides is 1. The molecule has 0 aliphatic heterocycles. The van der Waals surface area contributed by atoms with Crippen LogP contribution in [0.25, 0.3) is 0 Å². The van der Waals surface area contributed by atoms with Gasteiger partial charge in [-0.05, 0) is 55.0 Å². The minimum atomic E-state index is -3.60. The molecule has 1 amide bonds. The van der Waals surface area contributed by atoms with Crippen LogP contribution in [0.4, 0.5) is 10.1 Å². The van der Waals surface area contributed by atoms with E-state index in [2.05, 4.69) is 4.72 Å². The molecule has 0 fully saturated rings. The highest BCUT2D eigenvalue weighted by atomic mass is 32.2. The zero-order valence-corrected chi connectivity index (χ0v) is 16.5. The molecule has 0 aromatic heterocycles. The Bertz CT molecular complexity index is 1040. The van der Waals surface area contributed by atoms with Gasteiger partial charge in [-0.3, -0.25) is 4.79 Å². The van der Waals surface area contributed by atoms with E-state index in [9.17, 15) is 17.6 Å². The quantitative estimate of drug-likeness (QED) is 0.572. The summed E-state index contributed by atoms with van der Waals surface area (Å²) >= 11 is 0. The SMILES string of the molecule is O=C(c1ccccc1)N(CCCNS(=O)(=O)c1ccccc1)c1ccc(F)cc1. The molecule has 0 aliphatic carbocycles. The average Bonchev–Trinajstić information content (AvgIpc) is 2.75. The van der Waals surface area contributed by atoms with Gasteiger partial charge < -0.3 is 4.90 Å². The van der Waals surface area contributed by atoms with Gasteiger partial charge in [0.25, 0.3) is 5.91 Å². The number of rotatable bonds is 8. The van der Waals surface area contributed by atoms with Gasteiger partial charge >= 0.3 is 0 Å². The monoisotopic (exact) mass is 412 g/mol. The van der Waals surface area contributed by atoms with E-state index in [-0.39, 0.29) is 23.9 Å². The van der Waals surface area contributed by atoms with Crippen molar-refractivity contribution in [1.29, 1.82) is 0 Å². The first-order valence-corrected chi connectivity index (χ1v) is 10.6. The van der Waals surface area contributed by atoms with Gasteiger partial charge in [-0.1, -0.05) is 36.4 Å². The van der Waals surface area contributed by atoms with Crippen molar-refractivity contribution >= 4 is 21.6 Å². The van der Waals surface area contributed by atoms with Crippen LogP contribution in [-0.2, 0) is 10.0 Å². The fourth-order valence-electron chi connectivity index (χ4n) is 2.83. The Hall–Kier alpha value is -3.03. The van der Waals surface area contributed by atoms with Gasteiger partial charge in [-0.25, -0.2) is 17.5 Å². The van der Waals surface area contributed by atoms with Gasteiger partial charge in [0.2, 0.25) is 10.0 Å². The van der Waals surface area contributed by atoms with Crippen LogP contribution in [-0.4, -0.2) is 27.4 Å². The molecule has 0 spiro atoms. The number of anilines is 1. The van der Waals surface area contributed by atoms with E-state index in [1.807, 2.05) is 6.07 Å². The largest absolute Gasteiger partial charge is 0.308 e. The summed E-state index contributed by atoms with van der Waals surface area (Å²) in [6.07, 6.45) is 0.391. The van der Waals surface area contributed by atoms with Gasteiger partial charge in [0.15, 0.2) is 0 Å². The van der Waals surface area contributed by atoms with Gasteiger partial charge in [-0.15, -0.1) is 0 Å². The first-order chi connectivity index (χ1) is 14.0. The number of amides is 1. The maximum Gasteiger partial charge on any atom is 0.258 e. The minimum absolute atomic E-state index is 0.164. The molecule has 0 radical (unpaired) electrons. The van der Waals surface area contributed by atoms with Crippen molar-refractivity contribution < 1.29 is 17.6 Å². The molecule has 5 nitrogen and oxygen atoms in total. The van der Waals surface area contributed by atoms with Crippen molar-refractivity contribution in [2.75, 3.05) is 18.0 Å². The second-order valence-electron chi connectivity index (χ2n) is 6.36. The van der Waals surface area contributed by atoms with E-state index in [0.717, 1.165) is 0 Å². The molecule has 3 aromatic carbocycles. The number of nitrogens with one attached hydrogen (secondary N) is 1. The molecule has 3 aromatic rings. The average molecular weight is 412 g/mol. The molecule has 0 unspecified atom stereocenters. The minimum Gasteiger partial charge on any atom is -0.308 e. The molecule has 0 saturated carbocycles. The summed E-state index contributed by atoms with van der Waals surface area (Å²) in [4.78, 5) is 14.6. The summed E-state index contributed by atoms with van der Waals surface area (Å²) in [6.45, 7) is 0.438. The molecule has 0 bridgehead atoms. The molecule has 0 heterocycles. The molecule has 29 heavy (non-hydrogen) atoms. The highest BCUT2D eigenvalue weighted by molar-refractivity contribution is 7.89. The Morgan fingerprint density at radius 1 is 0.862 bits per heavy atom. The van der Waals surface area contributed by atoms with Crippen LogP contribution in [0.15, 0.2) is 89.8 Å². The summed E-state index contributed by atoms with van der Waals surface area (Å²) in [7, 11) is -3.60. The lowest BCUT2D eigenvalue weighted by Gasteiger charge is -2.23. The third-order valence-electron chi connectivity index (χ3n) is 4.31. The fourth-order valence-corrected chi connectivity index (χ4v) is 3.93. The molecular formula is C22H21FN2O3S.